The maximum Gasteiger partial charge on any atom is 0.276 e. The van der Waals surface area contributed by atoms with Crippen LogP contribution in [0.3, 0.4) is 0 Å². The van der Waals surface area contributed by atoms with E-state index in [1.807, 2.05) is 26.0 Å². The molecule has 0 bridgehead atoms. The molecule has 0 saturated heterocycles. The molecule has 0 aromatic heterocycles. The summed E-state index contributed by atoms with van der Waals surface area (Å²) in [7, 11) is -3.46. The van der Waals surface area contributed by atoms with Crippen LogP contribution in [-0.2, 0) is 14.8 Å². The van der Waals surface area contributed by atoms with Crippen molar-refractivity contribution in [1.82, 2.24) is 10.9 Å². The number of nitrogens with one attached hydrogen (secondary N) is 3. The van der Waals surface area contributed by atoms with Gasteiger partial charge >= 0.3 is 0 Å². The summed E-state index contributed by atoms with van der Waals surface area (Å²) in [5.74, 6) is -0.570. The van der Waals surface area contributed by atoms with Gasteiger partial charge in [-0.15, -0.1) is 0 Å². The molecule has 0 aliphatic carbocycles. The Morgan fingerprint density at radius 2 is 1.76 bits per heavy atom. The molecule has 2 aromatic carbocycles. The second-order valence-electron chi connectivity index (χ2n) is 6.54. The predicted octanol–water partition coefficient (Wildman–Crippen LogP) is 2.30. The molecule has 156 valence electrons. The summed E-state index contributed by atoms with van der Waals surface area (Å²) in [4.78, 5) is 24.1. The van der Waals surface area contributed by atoms with Gasteiger partial charge in [-0.05, 0) is 61.7 Å². The number of benzene rings is 2. The fourth-order valence-electron chi connectivity index (χ4n) is 2.41. The minimum atomic E-state index is -3.46. The highest BCUT2D eigenvalue weighted by atomic mass is 32.2. The van der Waals surface area contributed by atoms with E-state index in [2.05, 4.69) is 15.6 Å². The van der Waals surface area contributed by atoms with E-state index in [0.717, 1.165) is 11.1 Å². The zero-order valence-corrected chi connectivity index (χ0v) is 17.4. The number of sulfonamides is 1. The van der Waals surface area contributed by atoms with Crippen molar-refractivity contribution in [3.8, 4) is 5.75 Å². The Hall–Kier alpha value is -3.07. The Bertz CT molecular complexity index is 989. The molecule has 8 nitrogen and oxygen atoms in total. The summed E-state index contributed by atoms with van der Waals surface area (Å²) >= 11 is 0. The molecule has 3 N–H and O–H groups in total. The van der Waals surface area contributed by atoms with Crippen LogP contribution in [0.15, 0.2) is 42.5 Å². The van der Waals surface area contributed by atoms with Crippen LogP contribution in [0.5, 0.6) is 5.75 Å². The molecule has 9 heteroatoms. The summed E-state index contributed by atoms with van der Waals surface area (Å²) < 4.78 is 31.5. The third-order valence-electron chi connectivity index (χ3n) is 4.03. The third-order valence-corrected chi connectivity index (χ3v) is 5.53. The topological polar surface area (TPSA) is 114 Å². The first-order chi connectivity index (χ1) is 13.7. The van der Waals surface area contributed by atoms with E-state index in [9.17, 15) is 18.0 Å². The van der Waals surface area contributed by atoms with Crippen molar-refractivity contribution in [1.29, 1.82) is 0 Å². The van der Waals surface area contributed by atoms with Gasteiger partial charge in [-0.3, -0.25) is 25.2 Å². The van der Waals surface area contributed by atoms with Crippen molar-refractivity contribution in [3.05, 3.63) is 59.2 Å². The maximum atomic E-state index is 12.2. The van der Waals surface area contributed by atoms with Crippen LogP contribution in [0.2, 0.25) is 0 Å². The minimum absolute atomic E-state index is 0.0139. The Labute approximate surface area is 170 Å². The molecule has 0 radical (unpaired) electrons. The van der Waals surface area contributed by atoms with E-state index in [-0.39, 0.29) is 23.6 Å². The van der Waals surface area contributed by atoms with Gasteiger partial charge in [-0.1, -0.05) is 19.1 Å². The van der Waals surface area contributed by atoms with Crippen LogP contribution in [-0.4, -0.2) is 32.6 Å². The monoisotopic (exact) mass is 419 g/mol. The van der Waals surface area contributed by atoms with Crippen molar-refractivity contribution in [2.75, 3.05) is 17.1 Å². The normalized spacial score (nSPS) is 10.9. The average Bonchev–Trinajstić information content (AvgIpc) is 2.66. The number of hydrogen-bond donors (Lipinski definition) is 3. The molecule has 0 aliphatic heterocycles. The lowest BCUT2D eigenvalue weighted by atomic mass is 10.1. The van der Waals surface area contributed by atoms with E-state index < -0.39 is 21.8 Å². The maximum absolute atomic E-state index is 12.2. The molecule has 0 aliphatic rings. The number of hydrogen-bond acceptors (Lipinski definition) is 5. The van der Waals surface area contributed by atoms with Crippen LogP contribution < -0.4 is 20.3 Å². The molecular formula is C20H25N3O5S. The smallest absolute Gasteiger partial charge is 0.276 e. The van der Waals surface area contributed by atoms with Gasteiger partial charge in [-0.2, -0.15) is 0 Å². The van der Waals surface area contributed by atoms with Gasteiger partial charge in [-0.25, -0.2) is 8.42 Å². The Kier molecular flexibility index (Phi) is 7.60. The average molecular weight is 420 g/mol. The summed E-state index contributed by atoms with van der Waals surface area (Å²) in [6.07, 6.45) is 0.478. The van der Waals surface area contributed by atoms with E-state index in [1.54, 1.807) is 25.1 Å². The fourth-order valence-corrected chi connectivity index (χ4v) is 3.54. The van der Waals surface area contributed by atoms with Gasteiger partial charge in [0.2, 0.25) is 10.0 Å². The summed E-state index contributed by atoms with van der Waals surface area (Å²) in [5.41, 5.74) is 7.17. The molecule has 0 heterocycles. The molecule has 2 rings (SSSR count). The molecule has 2 amide bonds. The van der Waals surface area contributed by atoms with E-state index in [0.29, 0.717) is 12.2 Å². The van der Waals surface area contributed by atoms with Crippen molar-refractivity contribution in [2.45, 2.75) is 27.2 Å². The molecule has 0 fully saturated rings. The first kappa shape index (κ1) is 22.2. The van der Waals surface area contributed by atoms with Gasteiger partial charge < -0.3 is 4.74 Å². The Balaban J connectivity index is 1.87. The standard InChI is InChI=1S/C20H25N3O5S/c1-4-10-29(26,27)23-17-7-5-6-16(12-17)20(25)22-21-19(24)13-28-18-9-8-14(2)15(3)11-18/h5-9,11-12,23H,4,10,13H2,1-3H3,(H,21,24)(H,22,25). The SMILES string of the molecule is CCCS(=O)(=O)Nc1cccc(C(=O)NNC(=O)COc2ccc(C)c(C)c2)c1. The van der Waals surface area contributed by atoms with Crippen LogP contribution >= 0.6 is 0 Å². The quantitative estimate of drug-likeness (QED) is 0.568. The number of rotatable bonds is 8. The van der Waals surface area contributed by atoms with E-state index in [4.69, 9.17) is 4.74 Å². The van der Waals surface area contributed by atoms with Gasteiger partial charge in [0.15, 0.2) is 6.61 Å². The lowest BCUT2D eigenvalue weighted by Gasteiger charge is -2.11. The molecule has 0 spiro atoms. The second-order valence-corrected chi connectivity index (χ2v) is 8.38. The summed E-state index contributed by atoms with van der Waals surface area (Å²) in [6, 6.07) is 11.5. The summed E-state index contributed by atoms with van der Waals surface area (Å²) in [6.45, 7) is 5.42. The van der Waals surface area contributed by atoms with Gasteiger partial charge in [0.25, 0.3) is 11.8 Å². The van der Waals surface area contributed by atoms with Crippen molar-refractivity contribution < 1.29 is 22.7 Å². The molecule has 0 atom stereocenters. The van der Waals surface area contributed by atoms with Crippen molar-refractivity contribution >= 4 is 27.5 Å². The molecule has 0 saturated carbocycles. The third kappa shape index (κ3) is 7.11. The first-order valence-electron chi connectivity index (χ1n) is 9.10. The Morgan fingerprint density at radius 1 is 1.00 bits per heavy atom. The Morgan fingerprint density at radius 3 is 2.45 bits per heavy atom. The predicted molar refractivity (Wildman–Crippen MR) is 111 cm³/mol. The highest BCUT2D eigenvalue weighted by Gasteiger charge is 2.12. The minimum Gasteiger partial charge on any atom is -0.484 e. The molecule has 2 aromatic rings. The van der Waals surface area contributed by atoms with Crippen molar-refractivity contribution in [3.63, 3.8) is 0 Å². The van der Waals surface area contributed by atoms with Gasteiger partial charge in [0.1, 0.15) is 5.75 Å². The largest absolute Gasteiger partial charge is 0.484 e. The number of carbonyl (C=O) groups excluding carboxylic acids is 2. The first-order valence-corrected chi connectivity index (χ1v) is 10.7. The molecular weight excluding hydrogens is 394 g/mol. The van der Waals surface area contributed by atoms with Crippen LogP contribution in [0.1, 0.15) is 34.8 Å². The van der Waals surface area contributed by atoms with Gasteiger partial charge in [0.05, 0.1) is 5.75 Å². The number of anilines is 1. The highest BCUT2D eigenvalue weighted by molar-refractivity contribution is 7.92. The van der Waals surface area contributed by atoms with Gasteiger partial charge in [0, 0.05) is 11.3 Å². The number of amides is 2. The molecule has 0 unspecified atom stereocenters. The van der Waals surface area contributed by atoms with Crippen molar-refractivity contribution in [2.24, 2.45) is 0 Å². The zero-order valence-electron chi connectivity index (χ0n) is 16.6. The number of carbonyl (C=O) groups is 2. The fraction of sp³-hybridized carbons (Fsp3) is 0.300. The lowest BCUT2D eigenvalue weighted by Crippen LogP contribution is -2.43. The summed E-state index contributed by atoms with van der Waals surface area (Å²) in [5, 5.41) is 0. The number of aryl methyl sites for hydroxylation is 2. The number of ether oxygens (including phenoxy) is 1. The highest BCUT2D eigenvalue weighted by Crippen LogP contribution is 2.16. The van der Waals surface area contributed by atoms with Crippen LogP contribution in [0, 0.1) is 13.8 Å². The van der Waals surface area contributed by atoms with Crippen LogP contribution in [0.25, 0.3) is 0 Å². The molecule has 29 heavy (non-hydrogen) atoms. The number of hydrazine groups is 1. The zero-order chi connectivity index (χ0) is 21.4. The van der Waals surface area contributed by atoms with E-state index >= 15 is 0 Å². The van der Waals surface area contributed by atoms with E-state index in [1.165, 1.54) is 12.1 Å². The lowest BCUT2D eigenvalue weighted by molar-refractivity contribution is -0.123. The van der Waals surface area contributed by atoms with Crippen LogP contribution in [0.4, 0.5) is 5.69 Å². The second kappa shape index (κ2) is 9.92.